The first-order chi connectivity index (χ1) is 10.1. The zero-order chi connectivity index (χ0) is 15.2. The van der Waals surface area contributed by atoms with Crippen molar-refractivity contribution in [1.82, 2.24) is 5.43 Å². The summed E-state index contributed by atoms with van der Waals surface area (Å²) in [4.78, 5) is 14.2. The van der Waals surface area contributed by atoms with E-state index in [4.69, 9.17) is 0 Å². The van der Waals surface area contributed by atoms with Gasteiger partial charge >= 0.3 is 0 Å². The van der Waals surface area contributed by atoms with E-state index in [-0.39, 0.29) is 11.2 Å². The molecule has 0 fully saturated rings. The van der Waals surface area contributed by atoms with Crippen LogP contribution in [-0.4, -0.2) is 16.9 Å². The van der Waals surface area contributed by atoms with Gasteiger partial charge in [-0.3, -0.25) is 4.79 Å². The first-order valence-corrected chi connectivity index (χ1v) is 8.43. The predicted octanol–water partition coefficient (Wildman–Crippen LogP) is 4.08. The fourth-order valence-electron chi connectivity index (χ4n) is 1.64. The molecule has 0 aliphatic rings. The van der Waals surface area contributed by atoms with Crippen LogP contribution in [0.3, 0.4) is 0 Å². The van der Waals surface area contributed by atoms with Crippen LogP contribution in [0.2, 0.25) is 0 Å². The summed E-state index contributed by atoms with van der Waals surface area (Å²) in [5.74, 6) is -0.0866. The van der Waals surface area contributed by atoms with Crippen LogP contribution in [0, 0.1) is 6.92 Å². The molecule has 1 N–H and O–H groups in total. The number of aryl methyl sites for hydroxylation is 1. The van der Waals surface area contributed by atoms with Gasteiger partial charge in [-0.15, -0.1) is 23.1 Å². The molecule has 1 amide bonds. The summed E-state index contributed by atoms with van der Waals surface area (Å²) in [5, 5.41) is 5.96. The maximum atomic E-state index is 12.1. The number of carbonyl (C=O) groups is 1. The lowest BCUT2D eigenvalue weighted by atomic mass is 10.2. The van der Waals surface area contributed by atoms with Gasteiger partial charge in [-0.2, -0.15) is 5.10 Å². The average molecular weight is 318 g/mol. The zero-order valence-electron chi connectivity index (χ0n) is 12.3. The molecule has 0 bridgehead atoms. The summed E-state index contributed by atoms with van der Waals surface area (Å²) in [7, 11) is 0. The van der Waals surface area contributed by atoms with E-state index in [0.717, 1.165) is 15.5 Å². The minimum atomic E-state index is -0.187. The normalized spacial score (nSPS) is 13.0. The number of thiophene rings is 1. The molecule has 0 spiro atoms. The largest absolute Gasteiger partial charge is 0.272 e. The number of nitrogens with zero attached hydrogens (tertiary/aromatic N) is 1. The summed E-state index contributed by atoms with van der Waals surface area (Å²) >= 11 is 3.14. The van der Waals surface area contributed by atoms with Crippen molar-refractivity contribution in [3.63, 3.8) is 0 Å². The minimum absolute atomic E-state index is 0.0866. The number of benzene rings is 1. The number of nitrogens with one attached hydrogen (secondary N) is 1. The highest BCUT2D eigenvalue weighted by Gasteiger charge is 2.14. The highest BCUT2D eigenvalue weighted by Crippen LogP contribution is 2.23. The van der Waals surface area contributed by atoms with Crippen LogP contribution in [0.15, 0.2) is 51.8 Å². The van der Waals surface area contributed by atoms with Crippen molar-refractivity contribution in [2.75, 3.05) is 0 Å². The van der Waals surface area contributed by atoms with E-state index < -0.39 is 0 Å². The quantitative estimate of drug-likeness (QED) is 0.513. The molecule has 21 heavy (non-hydrogen) atoms. The first kappa shape index (κ1) is 15.8. The third-order valence-electron chi connectivity index (χ3n) is 2.91. The van der Waals surface area contributed by atoms with Gasteiger partial charge in [0.05, 0.1) is 11.0 Å². The summed E-state index contributed by atoms with van der Waals surface area (Å²) in [6, 6.07) is 12.1. The maximum Gasteiger partial charge on any atom is 0.253 e. The van der Waals surface area contributed by atoms with Crippen molar-refractivity contribution in [3.8, 4) is 0 Å². The number of hydrogen-bond acceptors (Lipinski definition) is 4. The fourth-order valence-corrected chi connectivity index (χ4v) is 3.18. The topological polar surface area (TPSA) is 41.5 Å². The number of carbonyl (C=O) groups excluding carboxylic acids is 1. The van der Waals surface area contributed by atoms with Crippen molar-refractivity contribution in [2.45, 2.75) is 30.9 Å². The van der Waals surface area contributed by atoms with Crippen molar-refractivity contribution in [1.29, 1.82) is 0 Å². The Kier molecular flexibility index (Phi) is 5.59. The van der Waals surface area contributed by atoms with E-state index in [9.17, 15) is 4.79 Å². The van der Waals surface area contributed by atoms with Gasteiger partial charge in [-0.1, -0.05) is 23.8 Å². The van der Waals surface area contributed by atoms with E-state index in [1.807, 2.05) is 62.5 Å². The SMILES string of the molecule is C/C(=N/NC(=O)[C@@H](C)Sc1ccc(C)cc1)c1cccs1. The molecule has 0 aliphatic heterocycles. The van der Waals surface area contributed by atoms with Gasteiger partial charge in [0.2, 0.25) is 0 Å². The highest BCUT2D eigenvalue weighted by atomic mass is 32.2. The molecule has 5 heteroatoms. The van der Waals surface area contributed by atoms with Crippen LogP contribution in [0.4, 0.5) is 0 Å². The molecule has 0 aliphatic carbocycles. The molecule has 0 unspecified atom stereocenters. The average Bonchev–Trinajstić information content (AvgIpc) is 3.01. The summed E-state index contributed by atoms with van der Waals surface area (Å²) in [6.07, 6.45) is 0. The molecule has 3 nitrogen and oxygen atoms in total. The number of thioether (sulfide) groups is 1. The second-order valence-corrected chi connectivity index (χ2v) is 7.09. The first-order valence-electron chi connectivity index (χ1n) is 6.67. The van der Waals surface area contributed by atoms with Gasteiger partial charge in [0, 0.05) is 9.77 Å². The number of rotatable bonds is 5. The summed E-state index contributed by atoms with van der Waals surface area (Å²) in [5.41, 5.74) is 4.68. The Labute approximate surface area is 133 Å². The Morgan fingerprint density at radius 1 is 1.29 bits per heavy atom. The molecule has 0 saturated heterocycles. The minimum Gasteiger partial charge on any atom is -0.272 e. The lowest BCUT2D eigenvalue weighted by Gasteiger charge is -2.10. The molecule has 1 atom stereocenters. The molecule has 2 aromatic rings. The Bertz CT molecular complexity index is 618. The standard InChI is InChI=1S/C16H18N2OS2/c1-11-6-8-14(9-7-11)21-13(3)16(19)18-17-12(2)15-5-4-10-20-15/h4-10,13H,1-3H3,(H,18,19)/b17-12-/t13-/m1/s1. The van der Waals surface area contributed by atoms with Crippen LogP contribution in [0.5, 0.6) is 0 Å². The van der Waals surface area contributed by atoms with Crippen molar-refractivity contribution in [2.24, 2.45) is 5.10 Å². The molecule has 2 rings (SSSR count). The van der Waals surface area contributed by atoms with Crippen LogP contribution >= 0.6 is 23.1 Å². The van der Waals surface area contributed by atoms with Crippen molar-refractivity contribution < 1.29 is 4.79 Å². The maximum absolute atomic E-state index is 12.1. The Morgan fingerprint density at radius 2 is 2.00 bits per heavy atom. The Morgan fingerprint density at radius 3 is 2.62 bits per heavy atom. The molecule has 0 radical (unpaired) electrons. The van der Waals surface area contributed by atoms with Crippen molar-refractivity contribution in [3.05, 3.63) is 52.2 Å². The second kappa shape index (κ2) is 7.43. The summed E-state index contributed by atoms with van der Waals surface area (Å²) in [6.45, 7) is 5.83. The Hall–Kier alpha value is -1.59. The second-order valence-electron chi connectivity index (χ2n) is 4.72. The van der Waals surface area contributed by atoms with E-state index >= 15 is 0 Å². The van der Waals surface area contributed by atoms with Gasteiger partial charge in [0.15, 0.2) is 0 Å². The summed E-state index contributed by atoms with van der Waals surface area (Å²) < 4.78 is 0. The van der Waals surface area contributed by atoms with Crippen LogP contribution in [-0.2, 0) is 4.79 Å². The number of amides is 1. The van der Waals surface area contributed by atoms with Gasteiger partial charge < -0.3 is 0 Å². The Balaban J connectivity index is 1.90. The monoisotopic (exact) mass is 318 g/mol. The van der Waals surface area contributed by atoms with Gasteiger partial charge in [-0.05, 0) is 44.4 Å². The smallest absolute Gasteiger partial charge is 0.253 e. The third-order valence-corrected chi connectivity index (χ3v) is 5.01. The zero-order valence-corrected chi connectivity index (χ0v) is 13.9. The molecular formula is C16H18N2OS2. The van der Waals surface area contributed by atoms with E-state index in [0.29, 0.717) is 0 Å². The van der Waals surface area contributed by atoms with Crippen LogP contribution in [0.1, 0.15) is 24.3 Å². The van der Waals surface area contributed by atoms with E-state index in [1.54, 1.807) is 11.3 Å². The molecular weight excluding hydrogens is 300 g/mol. The van der Waals surface area contributed by atoms with E-state index in [2.05, 4.69) is 10.5 Å². The lowest BCUT2D eigenvalue weighted by Crippen LogP contribution is -2.27. The fraction of sp³-hybridized carbons (Fsp3) is 0.250. The predicted molar refractivity (Wildman–Crippen MR) is 91.2 cm³/mol. The highest BCUT2D eigenvalue weighted by molar-refractivity contribution is 8.00. The molecule has 1 aromatic heterocycles. The molecule has 0 saturated carbocycles. The van der Waals surface area contributed by atoms with Gasteiger partial charge in [0.1, 0.15) is 0 Å². The van der Waals surface area contributed by atoms with E-state index in [1.165, 1.54) is 17.3 Å². The molecule has 1 aromatic carbocycles. The lowest BCUT2D eigenvalue weighted by molar-refractivity contribution is -0.120. The van der Waals surface area contributed by atoms with Gasteiger partial charge in [0.25, 0.3) is 5.91 Å². The number of hydrazone groups is 1. The molecule has 1 heterocycles. The van der Waals surface area contributed by atoms with Crippen molar-refractivity contribution >= 4 is 34.7 Å². The number of hydrogen-bond donors (Lipinski definition) is 1. The van der Waals surface area contributed by atoms with Gasteiger partial charge in [-0.25, -0.2) is 5.43 Å². The van der Waals surface area contributed by atoms with Crippen LogP contribution in [0.25, 0.3) is 0 Å². The third kappa shape index (κ3) is 4.72. The van der Waals surface area contributed by atoms with Crippen LogP contribution < -0.4 is 5.43 Å². The molecule has 110 valence electrons.